The molecule has 0 amide bonds. The van der Waals surface area contributed by atoms with Gasteiger partial charge in [-0.3, -0.25) is 4.90 Å². The van der Waals surface area contributed by atoms with Gasteiger partial charge in [-0.05, 0) is 47.5 Å². The molecular formula is C9H22N2O. The monoisotopic (exact) mass is 174 g/mol. The number of hydrogen-bond donors (Lipinski definition) is 2. The first kappa shape index (κ1) is 11.9. The summed E-state index contributed by atoms with van der Waals surface area (Å²) in [4.78, 5) is 2.18. The molecule has 74 valence electrons. The van der Waals surface area contributed by atoms with Crippen molar-refractivity contribution in [1.82, 2.24) is 10.2 Å². The van der Waals surface area contributed by atoms with Crippen molar-refractivity contribution in [1.29, 1.82) is 0 Å². The van der Waals surface area contributed by atoms with Crippen LogP contribution in [0.5, 0.6) is 0 Å². The minimum atomic E-state index is -0.0895. The highest BCUT2D eigenvalue weighted by Gasteiger charge is 2.21. The summed E-state index contributed by atoms with van der Waals surface area (Å²) in [5.41, 5.74) is -0.0895. The molecule has 3 heteroatoms. The second-order valence-corrected chi connectivity index (χ2v) is 3.85. The SMILES string of the molecule is CNCCCN(C)C(C)(C)CO. The number of aliphatic hydroxyl groups is 1. The summed E-state index contributed by atoms with van der Waals surface area (Å²) in [6.07, 6.45) is 1.12. The first-order chi connectivity index (χ1) is 5.54. The maximum absolute atomic E-state index is 9.06. The Morgan fingerprint density at radius 3 is 2.42 bits per heavy atom. The number of likely N-dealkylation sites (N-methyl/N-ethyl adjacent to an activating group) is 1. The number of nitrogens with one attached hydrogen (secondary N) is 1. The van der Waals surface area contributed by atoms with E-state index >= 15 is 0 Å². The summed E-state index contributed by atoms with van der Waals surface area (Å²) in [5, 5.41) is 12.2. The molecule has 0 rings (SSSR count). The van der Waals surface area contributed by atoms with Crippen LogP contribution in [0.2, 0.25) is 0 Å². The third-order valence-electron chi connectivity index (χ3n) is 2.34. The Bertz CT molecular complexity index is 115. The van der Waals surface area contributed by atoms with Gasteiger partial charge in [0.05, 0.1) is 6.61 Å². The van der Waals surface area contributed by atoms with Crippen molar-refractivity contribution in [3.05, 3.63) is 0 Å². The molecule has 0 aliphatic rings. The predicted molar refractivity (Wildman–Crippen MR) is 52.3 cm³/mol. The summed E-state index contributed by atoms with van der Waals surface area (Å²) in [6.45, 7) is 6.36. The van der Waals surface area contributed by atoms with Crippen LogP contribution < -0.4 is 5.32 Å². The van der Waals surface area contributed by atoms with E-state index in [2.05, 4.69) is 10.2 Å². The van der Waals surface area contributed by atoms with Crippen LogP contribution in [-0.2, 0) is 0 Å². The number of aliphatic hydroxyl groups excluding tert-OH is 1. The molecule has 0 unspecified atom stereocenters. The predicted octanol–water partition coefficient (Wildman–Crippen LogP) is 0.299. The molecule has 0 aliphatic carbocycles. The van der Waals surface area contributed by atoms with Crippen molar-refractivity contribution < 1.29 is 5.11 Å². The smallest absolute Gasteiger partial charge is 0.0609 e. The highest BCUT2D eigenvalue weighted by atomic mass is 16.3. The van der Waals surface area contributed by atoms with Gasteiger partial charge in [-0.2, -0.15) is 0 Å². The fourth-order valence-corrected chi connectivity index (χ4v) is 0.916. The van der Waals surface area contributed by atoms with Crippen molar-refractivity contribution in [2.45, 2.75) is 25.8 Å². The van der Waals surface area contributed by atoms with E-state index in [9.17, 15) is 0 Å². The quantitative estimate of drug-likeness (QED) is 0.568. The maximum atomic E-state index is 9.06. The van der Waals surface area contributed by atoms with Gasteiger partial charge in [-0.15, -0.1) is 0 Å². The van der Waals surface area contributed by atoms with E-state index in [1.54, 1.807) is 0 Å². The third-order valence-corrected chi connectivity index (χ3v) is 2.34. The number of nitrogens with zero attached hydrogens (tertiary/aromatic N) is 1. The molecule has 12 heavy (non-hydrogen) atoms. The summed E-state index contributed by atoms with van der Waals surface area (Å²) in [7, 11) is 4.00. The molecule has 0 aromatic rings. The van der Waals surface area contributed by atoms with Gasteiger partial charge < -0.3 is 10.4 Å². The Labute approximate surface area is 75.8 Å². The second-order valence-electron chi connectivity index (χ2n) is 3.85. The summed E-state index contributed by atoms with van der Waals surface area (Å²) in [6, 6.07) is 0. The van der Waals surface area contributed by atoms with Crippen LogP contribution in [0, 0.1) is 0 Å². The lowest BCUT2D eigenvalue weighted by Crippen LogP contribution is -2.45. The van der Waals surface area contributed by atoms with Crippen LogP contribution in [0.25, 0.3) is 0 Å². The maximum Gasteiger partial charge on any atom is 0.0609 e. The van der Waals surface area contributed by atoms with Gasteiger partial charge in [-0.25, -0.2) is 0 Å². The molecule has 0 bridgehead atoms. The molecule has 0 atom stereocenters. The second kappa shape index (κ2) is 5.51. The van der Waals surface area contributed by atoms with Crippen LogP contribution in [0.1, 0.15) is 20.3 Å². The molecular weight excluding hydrogens is 152 g/mol. The zero-order chi connectivity index (χ0) is 9.61. The van der Waals surface area contributed by atoms with E-state index in [-0.39, 0.29) is 12.1 Å². The molecule has 0 aromatic heterocycles. The Morgan fingerprint density at radius 1 is 1.42 bits per heavy atom. The minimum Gasteiger partial charge on any atom is -0.394 e. The average molecular weight is 174 g/mol. The number of rotatable bonds is 6. The van der Waals surface area contributed by atoms with E-state index in [1.807, 2.05) is 27.9 Å². The largest absolute Gasteiger partial charge is 0.394 e. The average Bonchev–Trinajstić information content (AvgIpc) is 2.05. The molecule has 0 saturated carbocycles. The standard InChI is InChI=1S/C9H22N2O/c1-9(2,8-12)11(4)7-5-6-10-3/h10,12H,5-8H2,1-4H3. The van der Waals surface area contributed by atoms with E-state index in [0.717, 1.165) is 19.5 Å². The first-order valence-electron chi connectivity index (χ1n) is 4.51. The first-order valence-corrected chi connectivity index (χ1v) is 4.51. The topological polar surface area (TPSA) is 35.5 Å². The summed E-state index contributed by atoms with van der Waals surface area (Å²) >= 11 is 0. The van der Waals surface area contributed by atoms with E-state index in [0.29, 0.717) is 0 Å². The lowest BCUT2D eigenvalue weighted by molar-refractivity contribution is 0.0784. The minimum absolute atomic E-state index is 0.0895. The zero-order valence-corrected chi connectivity index (χ0v) is 8.72. The van der Waals surface area contributed by atoms with Gasteiger partial charge in [0.2, 0.25) is 0 Å². The lowest BCUT2D eigenvalue weighted by atomic mass is 10.1. The van der Waals surface area contributed by atoms with Crippen molar-refractivity contribution in [2.75, 3.05) is 33.8 Å². The summed E-state index contributed by atoms with van der Waals surface area (Å²) in [5.74, 6) is 0. The fraction of sp³-hybridized carbons (Fsp3) is 1.00. The third kappa shape index (κ3) is 4.04. The van der Waals surface area contributed by atoms with Gasteiger partial charge >= 0.3 is 0 Å². The molecule has 0 aromatic carbocycles. The molecule has 0 heterocycles. The molecule has 0 aliphatic heterocycles. The van der Waals surface area contributed by atoms with Crippen LogP contribution in [0.15, 0.2) is 0 Å². The normalized spacial score (nSPS) is 12.5. The Balaban J connectivity index is 3.63. The zero-order valence-electron chi connectivity index (χ0n) is 8.72. The van der Waals surface area contributed by atoms with Crippen LogP contribution in [-0.4, -0.2) is 49.3 Å². The van der Waals surface area contributed by atoms with Crippen molar-refractivity contribution >= 4 is 0 Å². The number of hydrogen-bond acceptors (Lipinski definition) is 3. The van der Waals surface area contributed by atoms with E-state index in [1.165, 1.54) is 0 Å². The highest BCUT2D eigenvalue weighted by molar-refractivity contribution is 4.77. The van der Waals surface area contributed by atoms with Crippen molar-refractivity contribution in [3.8, 4) is 0 Å². The van der Waals surface area contributed by atoms with Gasteiger partial charge in [0.15, 0.2) is 0 Å². The van der Waals surface area contributed by atoms with Crippen molar-refractivity contribution in [3.63, 3.8) is 0 Å². The lowest BCUT2D eigenvalue weighted by Gasteiger charge is -2.33. The van der Waals surface area contributed by atoms with Gasteiger partial charge in [0, 0.05) is 5.54 Å². The Morgan fingerprint density at radius 2 is 2.00 bits per heavy atom. The molecule has 3 nitrogen and oxygen atoms in total. The highest BCUT2D eigenvalue weighted by Crippen LogP contribution is 2.10. The summed E-state index contributed by atoms with van der Waals surface area (Å²) < 4.78 is 0. The van der Waals surface area contributed by atoms with Crippen molar-refractivity contribution in [2.24, 2.45) is 0 Å². The Kier molecular flexibility index (Phi) is 5.46. The fourth-order valence-electron chi connectivity index (χ4n) is 0.916. The van der Waals surface area contributed by atoms with E-state index in [4.69, 9.17) is 5.11 Å². The molecule has 0 radical (unpaired) electrons. The van der Waals surface area contributed by atoms with Crippen LogP contribution in [0.4, 0.5) is 0 Å². The Hall–Kier alpha value is -0.120. The van der Waals surface area contributed by atoms with E-state index < -0.39 is 0 Å². The van der Waals surface area contributed by atoms with Crippen LogP contribution in [0.3, 0.4) is 0 Å². The molecule has 0 saturated heterocycles. The van der Waals surface area contributed by atoms with Gasteiger partial charge in [0.25, 0.3) is 0 Å². The van der Waals surface area contributed by atoms with Gasteiger partial charge in [0.1, 0.15) is 0 Å². The van der Waals surface area contributed by atoms with Gasteiger partial charge in [-0.1, -0.05) is 0 Å². The molecule has 0 spiro atoms. The molecule has 2 N–H and O–H groups in total. The van der Waals surface area contributed by atoms with Crippen LogP contribution >= 0.6 is 0 Å². The molecule has 0 fully saturated rings.